The Morgan fingerprint density at radius 1 is 0.957 bits per heavy atom. The second kappa shape index (κ2) is 10.8. The minimum atomic E-state index is -1.25. The first-order valence-corrected chi connectivity index (χ1v) is 6.27. The van der Waals surface area contributed by atoms with Crippen LogP contribution in [-0.2, 0) is 49.7 Å². The summed E-state index contributed by atoms with van der Waals surface area (Å²) >= 11 is 0. The summed E-state index contributed by atoms with van der Waals surface area (Å²) in [5.74, 6) is -2.50. The summed E-state index contributed by atoms with van der Waals surface area (Å²) in [4.78, 5) is 33.2. The van der Waals surface area contributed by atoms with Crippen LogP contribution in [0.3, 0.4) is 0 Å². The van der Waals surface area contributed by atoms with E-state index in [-0.39, 0.29) is 40.1 Å². The number of hydrogen-bond acceptors (Lipinski definition) is 8. The van der Waals surface area contributed by atoms with Gasteiger partial charge in [0, 0.05) is 48.7 Å². The van der Waals surface area contributed by atoms with Crippen LogP contribution < -0.4 is 21.7 Å². The van der Waals surface area contributed by atoms with E-state index in [2.05, 4.69) is 19.9 Å². The van der Waals surface area contributed by atoms with E-state index in [0.29, 0.717) is 11.4 Å². The minimum Gasteiger partial charge on any atom is -0.548 e. The molecule has 0 saturated carbocycles. The predicted octanol–water partition coefficient (Wildman–Crippen LogP) is -3.94. The zero-order valence-electron chi connectivity index (χ0n) is 12.3. The smallest absolute Gasteiger partial charge is 0.548 e. The number of carboxylic acid groups (broad SMARTS) is 2. The Morgan fingerprint density at radius 2 is 1.30 bits per heavy atom. The average molecular weight is 421 g/mol. The van der Waals surface area contributed by atoms with Crippen LogP contribution in [-0.4, -0.2) is 44.0 Å². The van der Waals surface area contributed by atoms with E-state index in [4.69, 9.17) is 11.5 Å². The molecule has 6 N–H and O–H groups in total. The van der Waals surface area contributed by atoms with E-state index in [1.807, 2.05) is 0 Å². The number of nitrogens with one attached hydrogen (secondary N) is 2. The molecule has 0 fully saturated rings. The normalized spacial score (nSPS) is 12.3. The number of nitrogens with two attached hydrogens (primary N) is 2. The van der Waals surface area contributed by atoms with Crippen LogP contribution in [0.25, 0.3) is 0 Å². The maximum absolute atomic E-state index is 10.2. The number of aliphatic carboxylic acids is 2. The molecule has 0 aliphatic heterocycles. The summed E-state index contributed by atoms with van der Waals surface area (Å²) in [6.07, 6.45) is 6.45. The van der Waals surface area contributed by atoms with Gasteiger partial charge in [0.25, 0.3) is 0 Å². The summed E-state index contributed by atoms with van der Waals surface area (Å²) in [6.45, 7) is 0. The van der Waals surface area contributed by atoms with E-state index >= 15 is 0 Å². The topological polar surface area (TPSA) is 190 Å². The Bertz CT molecular complexity index is 522. The summed E-state index contributed by atoms with van der Waals surface area (Å²) in [5.41, 5.74) is 11.8. The summed E-state index contributed by atoms with van der Waals surface area (Å²) in [7, 11) is 0. The van der Waals surface area contributed by atoms with Crippen molar-refractivity contribution in [3.05, 3.63) is 36.4 Å². The number of carbonyl (C=O) groups is 2. The summed E-state index contributed by atoms with van der Waals surface area (Å²) in [5, 5.41) is 20.3. The zero-order chi connectivity index (χ0) is 16.5. The van der Waals surface area contributed by atoms with E-state index in [9.17, 15) is 19.8 Å². The number of carbonyl (C=O) groups excluding carboxylic acids is 2. The van der Waals surface area contributed by atoms with Crippen LogP contribution in [0, 0.1) is 0 Å². The Hall–Kier alpha value is -1.80. The Balaban J connectivity index is 0.000000403. The van der Waals surface area contributed by atoms with Gasteiger partial charge >= 0.3 is 27.3 Å². The molecular formula is C12H16CdN6O4. The standard InChI is InChI=1S/2C6H9N3O2.Cd/c2*7-5(6(10)11)1-4-2-8-3-9-4;/h2*2-3,5H,1,7H2,(H,8,9)(H,10,11);/q;;+2/p-2/t2*5-;/m00./s1. The third-order valence-corrected chi connectivity index (χ3v) is 2.59. The van der Waals surface area contributed by atoms with Crippen molar-refractivity contribution < 1.29 is 47.1 Å². The molecule has 11 heteroatoms. The van der Waals surface area contributed by atoms with Crippen LogP contribution in [0.1, 0.15) is 11.4 Å². The van der Waals surface area contributed by atoms with Gasteiger partial charge in [0.2, 0.25) is 0 Å². The predicted molar refractivity (Wildman–Crippen MR) is 70.5 cm³/mol. The number of hydrogen-bond donors (Lipinski definition) is 4. The van der Waals surface area contributed by atoms with Gasteiger partial charge in [-0.15, -0.1) is 0 Å². The molecule has 0 radical (unpaired) electrons. The van der Waals surface area contributed by atoms with E-state index < -0.39 is 24.0 Å². The van der Waals surface area contributed by atoms with Crippen molar-refractivity contribution in [2.45, 2.75) is 24.9 Å². The van der Waals surface area contributed by atoms with Gasteiger partial charge in [-0.2, -0.15) is 0 Å². The third kappa shape index (κ3) is 8.42. The fourth-order valence-corrected chi connectivity index (χ4v) is 1.43. The number of aromatic nitrogens is 4. The van der Waals surface area contributed by atoms with Crippen molar-refractivity contribution in [2.75, 3.05) is 0 Å². The van der Waals surface area contributed by atoms with E-state index in [1.54, 1.807) is 0 Å². The van der Waals surface area contributed by atoms with Crippen molar-refractivity contribution in [2.24, 2.45) is 11.5 Å². The number of rotatable bonds is 6. The van der Waals surface area contributed by atoms with Crippen molar-refractivity contribution in [1.82, 2.24) is 19.9 Å². The number of aromatic amines is 2. The largest absolute Gasteiger partial charge is 2.00 e. The molecule has 0 aromatic carbocycles. The molecule has 0 amide bonds. The van der Waals surface area contributed by atoms with E-state index in [1.165, 1.54) is 25.0 Å². The molecule has 2 heterocycles. The van der Waals surface area contributed by atoms with Gasteiger partial charge in [-0.05, 0) is 0 Å². The number of nitrogens with zero attached hydrogens (tertiary/aromatic N) is 2. The van der Waals surface area contributed by atoms with Gasteiger partial charge in [0.15, 0.2) is 0 Å². The van der Waals surface area contributed by atoms with Gasteiger partial charge in [0.05, 0.1) is 24.6 Å². The first kappa shape index (κ1) is 21.2. The number of carboxylic acids is 2. The van der Waals surface area contributed by atoms with E-state index in [0.717, 1.165) is 0 Å². The molecule has 0 aliphatic rings. The fourth-order valence-electron chi connectivity index (χ4n) is 1.43. The molecule has 0 spiro atoms. The van der Waals surface area contributed by atoms with Gasteiger partial charge in [-0.1, -0.05) is 0 Å². The zero-order valence-corrected chi connectivity index (χ0v) is 16.3. The second-order valence-electron chi connectivity index (χ2n) is 4.41. The van der Waals surface area contributed by atoms with Gasteiger partial charge < -0.3 is 41.2 Å². The minimum absolute atomic E-state index is 0. The first-order valence-electron chi connectivity index (χ1n) is 6.27. The fraction of sp³-hybridized carbons (Fsp3) is 0.333. The van der Waals surface area contributed by atoms with Crippen molar-refractivity contribution >= 4 is 11.9 Å². The molecule has 2 aromatic heterocycles. The average Bonchev–Trinajstić information content (AvgIpc) is 3.12. The molecule has 0 unspecified atom stereocenters. The molecule has 0 saturated heterocycles. The van der Waals surface area contributed by atoms with Gasteiger partial charge in [-0.3, -0.25) is 0 Å². The molecule has 2 aromatic rings. The van der Waals surface area contributed by atoms with Crippen molar-refractivity contribution in [3.63, 3.8) is 0 Å². The molecule has 120 valence electrons. The summed E-state index contributed by atoms with van der Waals surface area (Å²) in [6, 6.07) is -1.93. The molecule has 2 rings (SSSR count). The Morgan fingerprint density at radius 3 is 1.52 bits per heavy atom. The molecule has 10 nitrogen and oxygen atoms in total. The maximum Gasteiger partial charge on any atom is 2.00 e. The van der Waals surface area contributed by atoms with Crippen LogP contribution in [0.4, 0.5) is 0 Å². The SMILES string of the molecule is N[C@@H](Cc1cnc[nH]1)C(=O)[O-].N[C@@H](Cc1cnc[nH]1)C(=O)[O-].[Cd+2]. The molecule has 0 bridgehead atoms. The summed E-state index contributed by atoms with van der Waals surface area (Å²) < 4.78 is 0. The van der Waals surface area contributed by atoms with Crippen LogP contribution >= 0.6 is 0 Å². The van der Waals surface area contributed by atoms with Crippen LogP contribution in [0.2, 0.25) is 0 Å². The molecule has 0 aliphatic carbocycles. The van der Waals surface area contributed by atoms with Crippen molar-refractivity contribution in [1.29, 1.82) is 0 Å². The van der Waals surface area contributed by atoms with Crippen LogP contribution in [0.15, 0.2) is 25.0 Å². The van der Waals surface area contributed by atoms with Gasteiger partial charge in [0.1, 0.15) is 0 Å². The Labute approximate surface area is 151 Å². The van der Waals surface area contributed by atoms with Crippen LogP contribution in [0.5, 0.6) is 0 Å². The van der Waals surface area contributed by atoms with Gasteiger partial charge in [-0.25, -0.2) is 9.97 Å². The molecule has 23 heavy (non-hydrogen) atoms. The Kier molecular flexibility index (Phi) is 10.0. The third-order valence-electron chi connectivity index (χ3n) is 2.59. The number of H-pyrrole nitrogens is 2. The monoisotopic (exact) mass is 422 g/mol. The molecule has 2 atom stereocenters. The second-order valence-corrected chi connectivity index (χ2v) is 4.41. The number of imidazole rings is 2. The quantitative estimate of drug-likeness (QED) is 0.340. The first-order chi connectivity index (χ1) is 10.4. The van der Waals surface area contributed by atoms with Crippen molar-refractivity contribution in [3.8, 4) is 0 Å². The maximum atomic E-state index is 10.2. The molecular weight excluding hydrogens is 405 g/mol.